The lowest BCUT2D eigenvalue weighted by molar-refractivity contribution is 0.0987. The lowest BCUT2D eigenvalue weighted by Crippen LogP contribution is -2.26. The van der Waals surface area contributed by atoms with Crippen LogP contribution in [0.5, 0.6) is 0 Å². The molecule has 0 aromatic carbocycles. The highest BCUT2D eigenvalue weighted by Gasteiger charge is 2.33. The van der Waals surface area contributed by atoms with Crippen LogP contribution in [0.2, 0.25) is 0 Å². The highest BCUT2D eigenvalue weighted by Crippen LogP contribution is 2.41. The van der Waals surface area contributed by atoms with Crippen LogP contribution in [0.1, 0.15) is 49.0 Å². The molecule has 2 aromatic heterocycles. The smallest absolute Gasteiger partial charge is 0.0812 e. The molecule has 3 nitrogen and oxygen atoms in total. The van der Waals surface area contributed by atoms with Gasteiger partial charge in [-0.2, -0.15) is 0 Å². The number of aromatic nitrogens is 2. The number of nitrogens with zero attached hydrogens (tertiary/aromatic N) is 2. The van der Waals surface area contributed by atoms with E-state index in [0.29, 0.717) is 0 Å². The van der Waals surface area contributed by atoms with Gasteiger partial charge in [0.1, 0.15) is 0 Å². The van der Waals surface area contributed by atoms with Gasteiger partial charge in [-0.15, -0.1) is 0 Å². The summed E-state index contributed by atoms with van der Waals surface area (Å²) < 4.78 is 2.20. The van der Waals surface area contributed by atoms with E-state index in [-0.39, 0.29) is 11.5 Å². The van der Waals surface area contributed by atoms with Gasteiger partial charge in [-0.1, -0.05) is 13.8 Å². The van der Waals surface area contributed by atoms with Crippen molar-refractivity contribution in [1.29, 1.82) is 0 Å². The molecule has 1 atom stereocenters. The summed E-state index contributed by atoms with van der Waals surface area (Å²) in [5.74, 6) is 0. The highest BCUT2D eigenvalue weighted by atomic mass is 16.3. The fourth-order valence-corrected chi connectivity index (χ4v) is 3.29. The summed E-state index contributed by atoms with van der Waals surface area (Å²) in [7, 11) is 0. The predicted octanol–water partition coefficient (Wildman–Crippen LogP) is 3.49. The largest absolute Gasteiger partial charge is 0.388 e. The second-order valence-electron chi connectivity index (χ2n) is 6.71. The van der Waals surface area contributed by atoms with E-state index in [1.807, 2.05) is 19.9 Å². The molecule has 20 heavy (non-hydrogen) atoms. The fourth-order valence-electron chi connectivity index (χ4n) is 3.29. The average Bonchev–Trinajstić information content (AvgIpc) is 2.71. The minimum Gasteiger partial charge on any atom is -0.388 e. The number of rotatable bonds is 1. The van der Waals surface area contributed by atoms with Crippen LogP contribution in [0.25, 0.3) is 5.69 Å². The maximum absolute atomic E-state index is 10.3. The van der Waals surface area contributed by atoms with Gasteiger partial charge in [0.25, 0.3) is 0 Å². The summed E-state index contributed by atoms with van der Waals surface area (Å²) in [5, 5.41) is 10.3. The third-order valence-corrected chi connectivity index (χ3v) is 4.23. The number of pyridine rings is 1. The molecule has 0 amide bonds. The third kappa shape index (κ3) is 2.16. The van der Waals surface area contributed by atoms with Gasteiger partial charge in [0.2, 0.25) is 0 Å². The van der Waals surface area contributed by atoms with Gasteiger partial charge in [0, 0.05) is 23.1 Å². The molecule has 1 N–H and O–H groups in total. The van der Waals surface area contributed by atoms with E-state index in [9.17, 15) is 5.11 Å². The minimum atomic E-state index is -0.353. The lowest BCUT2D eigenvalue weighted by atomic mass is 9.75. The second-order valence-corrected chi connectivity index (χ2v) is 6.71. The Balaban J connectivity index is 2.13. The van der Waals surface area contributed by atoms with Crippen LogP contribution < -0.4 is 0 Å². The van der Waals surface area contributed by atoms with Gasteiger partial charge >= 0.3 is 0 Å². The third-order valence-electron chi connectivity index (χ3n) is 4.23. The van der Waals surface area contributed by atoms with Crippen LogP contribution in [-0.2, 0) is 6.42 Å². The van der Waals surface area contributed by atoms with E-state index < -0.39 is 0 Å². The molecule has 1 aliphatic rings. The van der Waals surface area contributed by atoms with Crippen molar-refractivity contribution >= 4 is 0 Å². The lowest BCUT2D eigenvalue weighted by Gasteiger charge is -2.34. The standard InChI is InChI=1S/C17H22N2O/c1-11-5-6-14(12(2)18-11)19-8-7-13-15(19)9-17(3,4)10-16(13)20/h5-8,16,20H,9-10H2,1-4H3. The zero-order valence-corrected chi connectivity index (χ0v) is 12.6. The van der Waals surface area contributed by atoms with Crippen molar-refractivity contribution in [2.24, 2.45) is 5.41 Å². The number of aryl methyl sites for hydroxylation is 2. The molecule has 2 heterocycles. The second kappa shape index (κ2) is 4.45. The molecule has 1 aliphatic carbocycles. The Hall–Kier alpha value is -1.61. The monoisotopic (exact) mass is 270 g/mol. The van der Waals surface area contributed by atoms with Crippen molar-refractivity contribution in [3.05, 3.63) is 47.0 Å². The Kier molecular flexibility index (Phi) is 2.98. The first-order valence-electron chi connectivity index (χ1n) is 7.20. The van der Waals surface area contributed by atoms with Crippen LogP contribution >= 0.6 is 0 Å². The van der Waals surface area contributed by atoms with E-state index in [4.69, 9.17) is 0 Å². The summed E-state index contributed by atoms with van der Waals surface area (Å²) in [6, 6.07) is 6.21. The van der Waals surface area contributed by atoms with Crippen molar-refractivity contribution < 1.29 is 5.11 Å². The molecule has 2 aromatic rings. The molecule has 3 rings (SSSR count). The molecule has 0 saturated heterocycles. The van der Waals surface area contributed by atoms with Crippen LogP contribution in [0.4, 0.5) is 0 Å². The molecule has 3 heteroatoms. The molecule has 0 fully saturated rings. The maximum Gasteiger partial charge on any atom is 0.0812 e. The van der Waals surface area contributed by atoms with Gasteiger partial charge in [0.15, 0.2) is 0 Å². The summed E-state index contributed by atoms with van der Waals surface area (Å²) >= 11 is 0. The van der Waals surface area contributed by atoms with Crippen LogP contribution in [0.15, 0.2) is 24.4 Å². The Morgan fingerprint density at radius 1 is 1.25 bits per heavy atom. The van der Waals surface area contributed by atoms with Crippen molar-refractivity contribution in [3.8, 4) is 5.69 Å². The summed E-state index contributed by atoms with van der Waals surface area (Å²) in [6.45, 7) is 8.49. The van der Waals surface area contributed by atoms with E-state index in [1.54, 1.807) is 0 Å². The Labute approximate surface area is 120 Å². The van der Waals surface area contributed by atoms with Crippen LogP contribution in [0.3, 0.4) is 0 Å². The molecule has 0 radical (unpaired) electrons. The Morgan fingerprint density at radius 3 is 2.70 bits per heavy atom. The predicted molar refractivity (Wildman–Crippen MR) is 80.1 cm³/mol. The highest BCUT2D eigenvalue weighted by molar-refractivity contribution is 5.43. The van der Waals surface area contributed by atoms with Gasteiger partial charge in [-0.25, -0.2) is 0 Å². The fraction of sp³-hybridized carbons (Fsp3) is 0.471. The summed E-state index contributed by atoms with van der Waals surface area (Å²) in [4.78, 5) is 4.55. The SMILES string of the molecule is Cc1ccc(-n2ccc3c2CC(C)(C)CC3O)c(C)n1. The number of hydrogen-bond donors (Lipinski definition) is 1. The van der Waals surface area contributed by atoms with E-state index in [0.717, 1.165) is 35.5 Å². The topological polar surface area (TPSA) is 38.0 Å². The van der Waals surface area contributed by atoms with Gasteiger partial charge in [-0.05, 0) is 50.3 Å². The average molecular weight is 270 g/mol. The summed E-state index contributed by atoms with van der Waals surface area (Å²) in [5.41, 5.74) is 5.61. The molecule has 0 bridgehead atoms. The van der Waals surface area contributed by atoms with Crippen molar-refractivity contribution in [2.45, 2.75) is 46.6 Å². The summed E-state index contributed by atoms with van der Waals surface area (Å²) in [6.07, 6.45) is 3.53. The first kappa shape index (κ1) is 13.4. The van der Waals surface area contributed by atoms with E-state index in [2.05, 4.69) is 41.7 Å². The first-order valence-corrected chi connectivity index (χ1v) is 7.20. The normalized spacial score (nSPS) is 20.8. The van der Waals surface area contributed by atoms with E-state index >= 15 is 0 Å². The molecule has 106 valence electrons. The van der Waals surface area contributed by atoms with Gasteiger partial charge < -0.3 is 9.67 Å². The molecular formula is C17H22N2O. The van der Waals surface area contributed by atoms with Crippen LogP contribution in [0, 0.1) is 19.3 Å². The molecule has 1 unspecified atom stereocenters. The number of hydrogen-bond acceptors (Lipinski definition) is 2. The first-order chi connectivity index (χ1) is 9.37. The van der Waals surface area contributed by atoms with Crippen molar-refractivity contribution in [3.63, 3.8) is 0 Å². The molecule has 0 aliphatic heterocycles. The number of aliphatic hydroxyl groups excluding tert-OH is 1. The quantitative estimate of drug-likeness (QED) is 0.861. The van der Waals surface area contributed by atoms with Crippen molar-refractivity contribution in [1.82, 2.24) is 9.55 Å². The number of fused-ring (bicyclic) bond motifs is 1. The maximum atomic E-state index is 10.3. The molecular weight excluding hydrogens is 248 g/mol. The zero-order chi connectivity index (χ0) is 14.5. The Morgan fingerprint density at radius 2 is 2.00 bits per heavy atom. The zero-order valence-electron chi connectivity index (χ0n) is 12.6. The van der Waals surface area contributed by atoms with E-state index in [1.165, 1.54) is 5.69 Å². The minimum absolute atomic E-state index is 0.133. The molecule has 0 saturated carbocycles. The number of aliphatic hydroxyl groups is 1. The Bertz CT molecular complexity index is 655. The van der Waals surface area contributed by atoms with Crippen molar-refractivity contribution in [2.75, 3.05) is 0 Å². The van der Waals surface area contributed by atoms with Gasteiger partial charge in [-0.3, -0.25) is 4.98 Å². The van der Waals surface area contributed by atoms with Crippen LogP contribution in [-0.4, -0.2) is 14.7 Å². The van der Waals surface area contributed by atoms with Gasteiger partial charge in [0.05, 0.1) is 17.5 Å². The molecule has 0 spiro atoms.